The number of carbonyl (C=O) groups is 1. The zero-order chi connectivity index (χ0) is 17.1. The molecule has 1 saturated heterocycles. The van der Waals surface area contributed by atoms with Crippen LogP contribution in [-0.2, 0) is 6.42 Å². The van der Waals surface area contributed by atoms with E-state index < -0.39 is 0 Å². The number of benzene rings is 2. The highest BCUT2D eigenvalue weighted by molar-refractivity contribution is 5.95. The van der Waals surface area contributed by atoms with Gasteiger partial charge in [-0.1, -0.05) is 36.4 Å². The number of hydrogen-bond donors (Lipinski definition) is 1. The molecule has 4 rings (SSSR count). The molecule has 1 N–H and O–H groups in total. The third-order valence-electron chi connectivity index (χ3n) is 4.73. The van der Waals surface area contributed by atoms with Crippen LogP contribution < -0.4 is 10.2 Å². The van der Waals surface area contributed by atoms with Gasteiger partial charge in [-0.15, -0.1) is 0 Å². The molecule has 1 aliphatic rings. The van der Waals surface area contributed by atoms with Crippen LogP contribution in [0.1, 0.15) is 18.4 Å². The Morgan fingerprint density at radius 1 is 1.08 bits per heavy atom. The van der Waals surface area contributed by atoms with Crippen LogP contribution in [0.25, 0.3) is 11.0 Å². The number of fused-ring (bicyclic) bond motifs is 1. The quantitative estimate of drug-likeness (QED) is 0.727. The van der Waals surface area contributed by atoms with Crippen LogP contribution >= 0.6 is 0 Å². The fourth-order valence-corrected chi connectivity index (χ4v) is 3.22. The maximum absolute atomic E-state index is 12.5. The smallest absolute Gasteiger partial charge is 0.327 e. The number of nitrogens with one attached hydrogen (secondary N) is 1. The molecular formula is C20H22N4O. The predicted molar refractivity (Wildman–Crippen MR) is 100 cm³/mol. The molecule has 0 unspecified atom stereocenters. The van der Waals surface area contributed by atoms with Gasteiger partial charge in [0.2, 0.25) is 0 Å². The van der Waals surface area contributed by atoms with Gasteiger partial charge in [-0.05, 0) is 37.0 Å². The molecule has 3 aromatic rings. The lowest BCUT2D eigenvalue weighted by molar-refractivity contribution is 0.243. The summed E-state index contributed by atoms with van der Waals surface area (Å²) in [5, 5.41) is 2.99. The van der Waals surface area contributed by atoms with E-state index in [-0.39, 0.29) is 6.03 Å². The molecule has 128 valence electrons. The van der Waals surface area contributed by atoms with Crippen LogP contribution in [0.2, 0.25) is 0 Å². The summed E-state index contributed by atoms with van der Waals surface area (Å²) in [5.41, 5.74) is 4.19. The van der Waals surface area contributed by atoms with Crippen LogP contribution in [0.5, 0.6) is 0 Å². The molecule has 0 spiro atoms. The van der Waals surface area contributed by atoms with E-state index in [1.807, 2.05) is 30.3 Å². The van der Waals surface area contributed by atoms with E-state index in [4.69, 9.17) is 0 Å². The van der Waals surface area contributed by atoms with Gasteiger partial charge in [-0.25, -0.2) is 9.78 Å². The summed E-state index contributed by atoms with van der Waals surface area (Å²) in [6.07, 6.45) is 4.73. The summed E-state index contributed by atoms with van der Waals surface area (Å²) in [4.78, 5) is 19.3. The average Bonchev–Trinajstić information content (AvgIpc) is 3.03. The molecule has 25 heavy (non-hydrogen) atoms. The largest absolute Gasteiger partial charge is 0.370 e. The van der Waals surface area contributed by atoms with Crippen molar-refractivity contribution in [2.75, 3.05) is 24.5 Å². The van der Waals surface area contributed by atoms with E-state index in [0.29, 0.717) is 6.54 Å². The van der Waals surface area contributed by atoms with Crippen molar-refractivity contribution in [3.8, 4) is 0 Å². The number of aryl methyl sites for hydroxylation is 1. The Hall–Kier alpha value is -2.82. The summed E-state index contributed by atoms with van der Waals surface area (Å²) >= 11 is 0. The standard InChI is InChI=1S/C20H22N4O/c25-20(21-12-5-9-16-7-2-1-3-8-16)24-15-22-19-17(23-13-6-14-23)10-4-11-18(19)24/h1-4,7-8,10-11,15H,5-6,9,12-14H2,(H,21,25). The summed E-state index contributed by atoms with van der Waals surface area (Å²) in [5.74, 6) is 0. The zero-order valence-electron chi connectivity index (χ0n) is 14.2. The average molecular weight is 334 g/mol. The summed E-state index contributed by atoms with van der Waals surface area (Å²) in [7, 11) is 0. The van der Waals surface area contributed by atoms with Gasteiger partial charge in [0.05, 0.1) is 11.2 Å². The van der Waals surface area contributed by atoms with E-state index in [0.717, 1.165) is 42.7 Å². The minimum atomic E-state index is -0.115. The lowest BCUT2D eigenvalue weighted by atomic mass is 10.1. The van der Waals surface area contributed by atoms with Gasteiger partial charge < -0.3 is 10.2 Å². The van der Waals surface area contributed by atoms with Gasteiger partial charge in [0, 0.05) is 19.6 Å². The van der Waals surface area contributed by atoms with Gasteiger partial charge in [0.1, 0.15) is 11.8 Å². The topological polar surface area (TPSA) is 50.2 Å². The SMILES string of the molecule is O=C(NCCCc1ccccc1)n1cnc2c(N3CCC3)cccc21. The Morgan fingerprint density at radius 2 is 1.92 bits per heavy atom. The first-order valence-electron chi connectivity index (χ1n) is 8.86. The second-order valence-electron chi connectivity index (χ2n) is 6.42. The highest BCUT2D eigenvalue weighted by Gasteiger charge is 2.19. The second-order valence-corrected chi connectivity index (χ2v) is 6.42. The lowest BCUT2D eigenvalue weighted by Gasteiger charge is -2.33. The molecule has 1 amide bonds. The highest BCUT2D eigenvalue weighted by atomic mass is 16.2. The molecule has 0 bridgehead atoms. The molecule has 5 heteroatoms. The molecule has 0 saturated carbocycles. The minimum absolute atomic E-state index is 0.115. The van der Waals surface area contributed by atoms with Crippen molar-refractivity contribution < 1.29 is 4.79 Å². The van der Waals surface area contributed by atoms with Crippen molar-refractivity contribution in [3.05, 3.63) is 60.4 Å². The molecule has 1 aromatic heterocycles. The zero-order valence-corrected chi connectivity index (χ0v) is 14.2. The molecule has 0 aliphatic carbocycles. The maximum Gasteiger partial charge on any atom is 0.327 e. The van der Waals surface area contributed by atoms with Crippen molar-refractivity contribution in [3.63, 3.8) is 0 Å². The molecule has 2 heterocycles. The predicted octanol–water partition coefficient (Wildman–Crippen LogP) is 3.44. The molecule has 1 aliphatic heterocycles. The molecule has 1 fully saturated rings. The number of aromatic nitrogens is 2. The van der Waals surface area contributed by atoms with Crippen LogP contribution in [0, 0.1) is 0 Å². The van der Waals surface area contributed by atoms with Crippen LogP contribution in [0.3, 0.4) is 0 Å². The first-order valence-corrected chi connectivity index (χ1v) is 8.86. The number of para-hydroxylation sites is 1. The van der Waals surface area contributed by atoms with Gasteiger partial charge in [0.25, 0.3) is 0 Å². The fourth-order valence-electron chi connectivity index (χ4n) is 3.22. The third-order valence-corrected chi connectivity index (χ3v) is 4.73. The Kier molecular flexibility index (Phi) is 4.37. The van der Waals surface area contributed by atoms with Crippen LogP contribution in [-0.4, -0.2) is 35.2 Å². The van der Waals surface area contributed by atoms with Crippen molar-refractivity contribution in [2.45, 2.75) is 19.3 Å². The van der Waals surface area contributed by atoms with Gasteiger partial charge in [0.15, 0.2) is 0 Å². The Morgan fingerprint density at radius 3 is 2.68 bits per heavy atom. The molecule has 0 radical (unpaired) electrons. The number of anilines is 1. The number of hydrogen-bond acceptors (Lipinski definition) is 3. The van der Waals surface area contributed by atoms with Crippen LogP contribution in [0.4, 0.5) is 10.5 Å². The molecule has 5 nitrogen and oxygen atoms in total. The van der Waals surface area contributed by atoms with E-state index in [1.54, 1.807) is 10.9 Å². The Bertz CT molecular complexity index is 868. The second kappa shape index (κ2) is 6.97. The van der Waals surface area contributed by atoms with Crippen molar-refractivity contribution in [1.82, 2.24) is 14.9 Å². The normalized spacial score (nSPS) is 13.7. The van der Waals surface area contributed by atoms with E-state index in [9.17, 15) is 4.79 Å². The number of amides is 1. The van der Waals surface area contributed by atoms with Crippen molar-refractivity contribution >= 4 is 22.8 Å². The summed E-state index contributed by atoms with van der Waals surface area (Å²) in [6.45, 7) is 2.79. The first-order chi connectivity index (χ1) is 12.3. The molecule has 2 aromatic carbocycles. The number of carbonyl (C=O) groups excluding carboxylic acids is 1. The Balaban J connectivity index is 1.40. The molecule has 0 atom stereocenters. The van der Waals surface area contributed by atoms with Crippen molar-refractivity contribution in [2.24, 2.45) is 0 Å². The highest BCUT2D eigenvalue weighted by Crippen LogP contribution is 2.28. The van der Waals surface area contributed by atoms with Crippen LogP contribution in [0.15, 0.2) is 54.9 Å². The van der Waals surface area contributed by atoms with Gasteiger partial charge in [-0.2, -0.15) is 0 Å². The Labute approximate surface area is 147 Å². The number of rotatable bonds is 5. The fraction of sp³-hybridized carbons (Fsp3) is 0.300. The summed E-state index contributed by atoms with van der Waals surface area (Å²) in [6, 6.07) is 16.2. The van der Waals surface area contributed by atoms with E-state index in [1.165, 1.54) is 12.0 Å². The minimum Gasteiger partial charge on any atom is -0.370 e. The van der Waals surface area contributed by atoms with Gasteiger partial charge >= 0.3 is 6.03 Å². The molecular weight excluding hydrogens is 312 g/mol. The monoisotopic (exact) mass is 334 g/mol. The van der Waals surface area contributed by atoms with E-state index >= 15 is 0 Å². The lowest BCUT2D eigenvalue weighted by Crippen LogP contribution is -2.37. The number of imidazole rings is 1. The summed E-state index contributed by atoms with van der Waals surface area (Å²) < 4.78 is 1.61. The number of nitrogens with zero attached hydrogens (tertiary/aromatic N) is 3. The van der Waals surface area contributed by atoms with Crippen molar-refractivity contribution in [1.29, 1.82) is 0 Å². The van der Waals surface area contributed by atoms with E-state index in [2.05, 4.69) is 33.4 Å². The van der Waals surface area contributed by atoms with Gasteiger partial charge in [-0.3, -0.25) is 4.57 Å². The first kappa shape index (κ1) is 15.7. The third kappa shape index (κ3) is 3.22. The maximum atomic E-state index is 12.5.